The minimum absolute atomic E-state index is 0.312. The lowest BCUT2D eigenvalue weighted by Crippen LogP contribution is -2.48. The van der Waals surface area contributed by atoms with E-state index in [1.807, 2.05) is 0 Å². The van der Waals surface area contributed by atoms with Gasteiger partial charge in [-0.15, -0.1) is 0 Å². The Kier molecular flexibility index (Phi) is 9.55. The van der Waals surface area contributed by atoms with Crippen LogP contribution in [0.5, 0.6) is 0 Å². The highest BCUT2D eigenvalue weighted by Gasteiger charge is 2.25. The maximum atomic E-state index is 12.0. The number of carbonyl (C=O) groups is 2. The van der Waals surface area contributed by atoms with Gasteiger partial charge in [0, 0.05) is 11.0 Å². The predicted molar refractivity (Wildman–Crippen MR) is 89.2 cm³/mol. The van der Waals surface area contributed by atoms with Gasteiger partial charge in [-0.05, 0) is 26.7 Å². The molecule has 5 nitrogen and oxygen atoms in total. The van der Waals surface area contributed by atoms with Crippen LogP contribution >= 0.6 is 11.8 Å². The molecule has 0 amide bonds. The average molecular weight is 331 g/mol. The first-order chi connectivity index (χ1) is 10.5. The second kappa shape index (κ2) is 10.9. The van der Waals surface area contributed by atoms with Crippen LogP contribution < -0.4 is 5.32 Å². The van der Waals surface area contributed by atoms with E-state index in [9.17, 15) is 9.59 Å². The second-order valence-corrected chi connectivity index (χ2v) is 7.17. The van der Waals surface area contributed by atoms with Gasteiger partial charge in [0.2, 0.25) is 0 Å². The minimum atomic E-state index is -0.953. The zero-order chi connectivity index (χ0) is 16.4. The maximum Gasteiger partial charge on any atom is 0.324 e. The Morgan fingerprint density at radius 1 is 1.23 bits per heavy atom. The number of hydrogen-bond acceptors (Lipinski definition) is 5. The summed E-state index contributed by atoms with van der Waals surface area (Å²) in [5.74, 6) is -0.736. The molecule has 1 aliphatic carbocycles. The van der Waals surface area contributed by atoms with Crippen molar-refractivity contribution in [2.45, 2.75) is 76.1 Å². The number of carboxylic acid groups (broad SMARTS) is 1. The third kappa shape index (κ3) is 7.49. The van der Waals surface area contributed by atoms with Crippen LogP contribution in [0.25, 0.3) is 0 Å². The summed E-state index contributed by atoms with van der Waals surface area (Å²) in [5.41, 5.74) is 0. The molecule has 1 saturated carbocycles. The molecule has 0 heterocycles. The zero-order valence-corrected chi connectivity index (χ0v) is 14.5. The third-order valence-electron chi connectivity index (χ3n) is 3.94. The molecule has 1 rings (SSSR count). The van der Waals surface area contributed by atoms with Crippen molar-refractivity contribution in [1.29, 1.82) is 0 Å². The zero-order valence-electron chi connectivity index (χ0n) is 13.7. The first-order valence-electron chi connectivity index (χ1n) is 8.31. The molecule has 2 atom stereocenters. The normalized spacial score (nSPS) is 19.7. The molecule has 1 fully saturated rings. The van der Waals surface area contributed by atoms with Gasteiger partial charge in [0.25, 0.3) is 0 Å². The van der Waals surface area contributed by atoms with Crippen molar-refractivity contribution < 1.29 is 19.4 Å². The van der Waals surface area contributed by atoms with Gasteiger partial charge in [-0.1, -0.05) is 32.1 Å². The van der Waals surface area contributed by atoms with Crippen LogP contribution in [0.4, 0.5) is 0 Å². The SMILES string of the molecule is CCOC(=O)C(CSC1CCCCCCC1)N[C@@H](C)C(=O)O. The van der Waals surface area contributed by atoms with Gasteiger partial charge in [0.05, 0.1) is 6.61 Å². The van der Waals surface area contributed by atoms with Crippen LogP contribution in [0.1, 0.15) is 58.8 Å². The van der Waals surface area contributed by atoms with Crippen LogP contribution in [0.3, 0.4) is 0 Å². The summed E-state index contributed by atoms with van der Waals surface area (Å²) in [6.07, 6.45) is 8.81. The molecule has 0 saturated heterocycles. The van der Waals surface area contributed by atoms with Crippen LogP contribution in [0, 0.1) is 0 Å². The van der Waals surface area contributed by atoms with E-state index in [-0.39, 0.29) is 5.97 Å². The first kappa shape index (κ1) is 19.3. The predicted octanol–water partition coefficient (Wildman–Crippen LogP) is 2.83. The van der Waals surface area contributed by atoms with Crippen molar-refractivity contribution in [3.05, 3.63) is 0 Å². The quantitative estimate of drug-likeness (QED) is 0.666. The number of thioether (sulfide) groups is 1. The molecule has 0 aromatic carbocycles. The fraction of sp³-hybridized carbons (Fsp3) is 0.875. The summed E-state index contributed by atoms with van der Waals surface area (Å²) in [6, 6.07) is -1.31. The Morgan fingerprint density at radius 2 is 1.82 bits per heavy atom. The lowest BCUT2D eigenvalue weighted by molar-refractivity contribution is -0.146. The number of hydrogen-bond donors (Lipinski definition) is 2. The monoisotopic (exact) mass is 331 g/mol. The van der Waals surface area contributed by atoms with Gasteiger partial charge in [-0.2, -0.15) is 11.8 Å². The standard InChI is InChI=1S/C16H29NO4S/c1-3-21-16(20)14(17-12(2)15(18)19)11-22-13-9-7-5-4-6-8-10-13/h12-14,17H,3-11H2,1-2H3,(H,18,19)/t12-,14?/m0/s1. The topological polar surface area (TPSA) is 75.6 Å². The fourth-order valence-electron chi connectivity index (χ4n) is 2.62. The van der Waals surface area contributed by atoms with E-state index >= 15 is 0 Å². The average Bonchev–Trinajstić information content (AvgIpc) is 2.44. The second-order valence-electron chi connectivity index (χ2n) is 5.83. The molecule has 0 aliphatic heterocycles. The third-order valence-corrected chi connectivity index (χ3v) is 5.41. The highest BCUT2D eigenvalue weighted by Crippen LogP contribution is 2.27. The minimum Gasteiger partial charge on any atom is -0.480 e. The van der Waals surface area contributed by atoms with E-state index in [1.165, 1.54) is 44.9 Å². The van der Waals surface area contributed by atoms with E-state index in [1.54, 1.807) is 25.6 Å². The van der Waals surface area contributed by atoms with Crippen molar-refractivity contribution in [2.24, 2.45) is 0 Å². The Bertz CT molecular complexity index is 343. The summed E-state index contributed by atoms with van der Waals surface area (Å²) in [7, 11) is 0. The molecule has 0 radical (unpaired) electrons. The van der Waals surface area contributed by atoms with E-state index in [2.05, 4.69) is 5.32 Å². The molecule has 1 aliphatic rings. The highest BCUT2D eigenvalue weighted by atomic mass is 32.2. The van der Waals surface area contributed by atoms with E-state index < -0.39 is 18.1 Å². The van der Waals surface area contributed by atoms with E-state index in [4.69, 9.17) is 9.84 Å². The fourth-order valence-corrected chi connectivity index (χ4v) is 3.98. The van der Waals surface area contributed by atoms with Gasteiger partial charge in [-0.3, -0.25) is 14.9 Å². The molecule has 1 unspecified atom stereocenters. The summed E-state index contributed by atoms with van der Waals surface area (Å²) in [4.78, 5) is 23.0. The lowest BCUT2D eigenvalue weighted by Gasteiger charge is -2.23. The Hall–Kier alpha value is -0.750. The highest BCUT2D eigenvalue weighted by molar-refractivity contribution is 7.99. The van der Waals surface area contributed by atoms with Gasteiger partial charge < -0.3 is 9.84 Å². The largest absolute Gasteiger partial charge is 0.480 e. The molecular formula is C16H29NO4S. The van der Waals surface area contributed by atoms with Crippen molar-refractivity contribution >= 4 is 23.7 Å². The number of rotatable bonds is 8. The molecule has 0 aromatic heterocycles. The molecule has 6 heteroatoms. The van der Waals surface area contributed by atoms with Crippen molar-refractivity contribution in [2.75, 3.05) is 12.4 Å². The molecular weight excluding hydrogens is 302 g/mol. The lowest BCUT2D eigenvalue weighted by atomic mass is 10.0. The molecule has 0 spiro atoms. The summed E-state index contributed by atoms with van der Waals surface area (Å²) in [6.45, 7) is 3.62. The van der Waals surface area contributed by atoms with Gasteiger partial charge in [-0.25, -0.2) is 0 Å². The first-order valence-corrected chi connectivity index (χ1v) is 9.36. The van der Waals surface area contributed by atoms with Crippen LogP contribution in [0.15, 0.2) is 0 Å². The van der Waals surface area contributed by atoms with E-state index in [0.29, 0.717) is 17.6 Å². The van der Waals surface area contributed by atoms with Crippen LogP contribution in [-0.4, -0.2) is 46.7 Å². The maximum absolute atomic E-state index is 12.0. The summed E-state index contributed by atoms with van der Waals surface area (Å²) >= 11 is 1.78. The Balaban J connectivity index is 2.50. The number of nitrogens with one attached hydrogen (secondary N) is 1. The number of esters is 1. The number of carboxylic acids is 1. The smallest absolute Gasteiger partial charge is 0.324 e. The number of carbonyl (C=O) groups excluding carboxylic acids is 1. The molecule has 22 heavy (non-hydrogen) atoms. The van der Waals surface area contributed by atoms with E-state index in [0.717, 1.165) is 0 Å². The summed E-state index contributed by atoms with van der Waals surface area (Å²) in [5, 5.41) is 12.4. The van der Waals surface area contributed by atoms with Gasteiger partial charge >= 0.3 is 11.9 Å². The van der Waals surface area contributed by atoms with Crippen molar-refractivity contribution in [1.82, 2.24) is 5.32 Å². The number of aliphatic carboxylic acids is 1. The van der Waals surface area contributed by atoms with Gasteiger partial charge in [0.1, 0.15) is 12.1 Å². The molecule has 2 N–H and O–H groups in total. The summed E-state index contributed by atoms with van der Waals surface area (Å²) < 4.78 is 5.06. The van der Waals surface area contributed by atoms with Crippen LogP contribution in [-0.2, 0) is 14.3 Å². The molecule has 128 valence electrons. The van der Waals surface area contributed by atoms with Gasteiger partial charge in [0.15, 0.2) is 0 Å². The Labute approximate surface area is 137 Å². The van der Waals surface area contributed by atoms with Crippen LogP contribution in [0.2, 0.25) is 0 Å². The van der Waals surface area contributed by atoms with Crippen molar-refractivity contribution in [3.8, 4) is 0 Å². The Morgan fingerprint density at radius 3 is 2.36 bits per heavy atom. The van der Waals surface area contributed by atoms with Crippen molar-refractivity contribution in [3.63, 3.8) is 0 Å². The number of ether oxygens (including phenoxy) is 1. The molecule has 0 aromatic rings. The molecule has 0 bridgehead atoms.